The SMILES string of the molecule is COc1cc(C)c2c(c1)c(CC(N)=O)cn2C. The predicted molar refractivity (Wildman–Crippen MR) is 67.1 cm³/mol. The van der Waals surface area contributed by atoms with Crippen molar-refractivity contribution in [3.05, 3.63) is 29.5 Å². The molecule has 17 heavy (non-hydrogen) atoms. The van der Waals surface area contributed by atoms with E-state index in [0.717, 1.165) is 27.8 Å². The van der Waals surface area contributed by atoms with Crippen molar-refractivity contribution in [1.29, 1.82) is 0 Å². The Balaban J connectivity index is 2.70. The van der Waals surface area contributed by atoms with Crippen LogP contribution in [0.4, 0.5) is 0 Å². The van der Waals surface area contributed by atoms with E-state index in [9.17, 15) is 4.79 Å². The van der Waals surface area contributed by atoms with Gasteiger partial charge in [-0.2, -0.15) is 0 Å². The lowest BCUT2D eigenvalue weighted by Crippen LogP contribution is -2.13. The zero-order chi connectivity index (χ0) is 12.6. The van der Waals surface area contributed by atoms with Crippen LogP contribution in [0.25, 0.3) is 10.9 Å². The second-order valence-corrected chi connectivity index (χ2v) is 4.25. The van der Waals surface area contributed by atoms with Crippen LogP contribution in [0.2, 0.25) is 0 Å². The molecule has 0 spiro atoms. The second kappa shape index (κ2) is 4.13. The standard InChI is InChI=1S/C13H16N2O2/c1-8-4-10(17-3)6-11-9(5-12(14)16)7-15(2)13(8)11/h4,6-7H,5H2,1-3H3,(H2,14,16). The molecule has 4 nitrogen and oxygen atoms in total. The van der Waals surface area contributed by atoms with Gasteiger partial charge in [0.2, 0.25) is 5.91 Å². The van der Waals surface area contributed by atoms with Gasteiger partial charge < -0.3 is 15.0 Å². The molecular formula is C13H16N2O2. The number of amides is 1. The van der Waals surface area contributed by atoms with Gasteiger partial charge in [-0.15, -0.1) is 0 Å². The lowest BCUT2D eigenvalue weighted by atomic mass is 10.1. The third-order valence-electron chi connectivity index (χ3n) is 2.92. The molecule has 0 radical (unpaired) electrons. The van der Waals surface area contributed by atoms with Gasteiger partial charge in [0.1, 0.15) is 5.75 Å². The number of methoxy groups -OCH3 is 1. The third-order valence-corrected chi connectivity index (χ3v) is 2.92. The summed E-state index contributed by atoms with van der Waals surface area (Å²) in [5, 5.41) is 1.03. The molecule has 0 saturated heterocycles. The molecule has 0 atom stereocenters. The van der Waals surface area contributed by atoms with Gasteiger partial charge in [-0.05, 0) is 30.2 Å². The molecule has 2 aromatic rings. The fourth-order valence-electron chi connectivity index (χ4n) is 2.27. The van der Waals surface area contributed by atoms with Gasteiger partial charge in [-0.25, -0.2) is 0 Å². The van der Waals surface area contributed by atoms with Gasteiger partial charge in [0.05, 0.1) is 19.0 Å². The molecule has 1 heterocycles. The molecule has 0 saturated carbocycles. The number of ether oxygens (including phenoxy) is 1. The van der Waals surface area contributed by atoms with Gasteiger partial charge in [-0.3, -0.25) is 4.79 Å². The highest BCUT2D eigenvalue weighted by Gasteiger charge is 2.12. The molecule has 2 rings (SSSR count). The zero-order valence-electron chi connectivity index (χ0n) is 10.3. The minimum absolute atomic E-state index is 0.254. The average Bonchev–Trinajstić information content (AvgIpc) is 2.55. The number of nitrogens with two attached hydrogens (primary N) is 1. The molecule has 90 valence electrons. The van der Waals surface area contributed by atoms with Gasteiger partial charge in [0.15, 0.2) is 0 Å². The maximum atomic E-state index is 11.0. The number of benzene rings is 1. The van der Waals surface area contributed by atoms with Crippen LogP contribution in [0.3, 0.4) is 0 Å². The Kier molecular flexibility index (Phi) is 2.79. The summed E-state index contributed by atoms with van der Waals surface area (Å²) in [7, 11) is 3.60. The van der Waals surface area contributed by atoms with Crippen molar-refractivity contribution in [2.45, 2.75) is 13.3 Å². The molecular weight excluding hydrogens is 216 g/mol. The van der Waals surface area contributed by atoms with E-state index in [1.807, 2.05) is 36.9 Å². The van der Waals surface area contributed by atoms with Crippen LogP contribution in [-0.2, 0) is 18.3 Å². The van der Waals surface area contributed by atoms with Gasteiger partial charge in [-0.1, -0.05) is 0 Å². The van der Waals surface area contributed by atoms with E-state index < -0.39 is 0 Å². The Labute approximate surface area is 100.0 Å². The summed E-state index contributed by atoms with van der Waals surface area (Å²) in [4.78, 5) is 11.0. The second-order valence-electron chi connectivity index (χ2n) is 4.25. The van der Waals surface area contributed by atoms with E-state index in [0.29, 0.717) is 0 Å². The van der Waals surface area contributed by atoms with Crippen LogP contribution in [0.15, 0.2) is 18.3 Å². The van der Waals surface area contributed by atoms with E-state index in [-0.39, 0.29) is 12.3 Å². The topological polar surface area (TPSA) is 57.2 Å². The molecule has 1 aromatic carbocycles. The summed E-state index contributed by atoms with van der Waals surface area (Å²) in [6.07, 6.45) is 2.20. The molecule has 0 aliphatic carbocycles. The lowest BCUT2D eigenvalue weighted by molar-refractivity contribution is -0.117. The van der Waals surface area contributed by atoms with E-state index in [1.54, 1.807) is 7.11 Å². The minimum Gasteiger partial charge on any atom is -0.497 e. The Hall–Kier alpha value is -1.97. The number of rotatable bonds is 3. The highest BCUT2D eigenvalue weighted by Crippen LogP contribution is 2.28. The number of aromatic nitrogens is 1. The molecule has 0 fully saturated rings. The molecule has 2 N–H and O–H groups in total. The summed E-state index contributed by atoms with van der Waals surface area (Å²) in [5.41, 5.74) is 8.43. The predicted octanol–water partition coefficient (Wildman–Crippen LogP) is 1.52. The van der Waals surface area contributed by atoms with Crippen LogP contribution in [0, 0.1) is 6.92 Å². The Bertz CT molecular complexity index is 585. The van der Waals surface area contributed by atoms with Crippen LogP contribution in [0.5, 0.6) is 5.75 Å². The largest absolute Gasteiger partial charge is 0.497 e. The van der Waals surface area contributed by atoms with Crippen LogP contribution in [0.1, 0.15) is 11.1 Å². The molecule has 0 aliphatic heterocycles. The first-order valence-corrected chi connectivity index (χ1v) is 5.43. The number of aryl methyl sites for hydroxylation is 2. The van der Waals surface area contributed by atoms with Crippen molar-refractivity contribution in [3.8, 4) is 5.75 Å². The van der Waals surface area contributed by atoms with Crippen molar-refractivity contribution < 1.29 is 9.53 Å². The van der Waals surface area contributed by atoms with Gasteiger partial charge >= 0.3 is 0 Å². The number of nitrogens with zero attached hydrogens (tertiary/aromatic N) is 1. The molecule has 0 aliphatic rings. The van der Waals surface area contributed by atoms with Gasteiger partial charge in [0.25, 0.3) is 0 Å². The first-order valence-electron chi connectivity index (χ1n) is 5.43. The summed E-state index contributed by atoms with van der Waals surface area (Å²) in [5.74, 6) is 0.477. The van der Waals surface area contributed by atoms with Crippen molar-refractivity contribution in [2.24, 2.45) is 12.8 Å². The van der Waals surface area contributed by atoms with Crippen molar-refractivity contribution in [2.75, 3.05) is 7.11 Å². The normalized spacial score (nSPS) is 10.8. The Morgan fingerprint density at radius 1 is 1.47 bits per heavy atom. The quantitative estimate of drug-likeness (QED) is 0.872. The smallest absolute Gasteiger partial charge is 0.221 e. The number of carbonyl (C=O) groups excluding carboxylic acids is 1. The van der Waals surface area contributed by atoms with Crippen LogP contribution >= 0.6 is 0 Å². The van der Waals surface area contributed by atoms with E-state index in [1.165, 1.54) is 0 Å². The fraction of sp³-hybridized carbons (Fsp3) is 0.308. The Morgan fingerprint density at radius 3 is 2.76 bits per heavy atom. The number of carbonyl (C=O) groups is 1. The number of hydrogen-bond acceptors (Lipinski definition) is 2. The van der Waals surface area contributed by atoms with Crippen molar-refractivity contribution in [1.82, 2.24) is 4.57 Å². The zero-order valence-corrected chi connectivity index (χ0v) is 10.3. The van der Waals surface area contributed by atoms with Crippen molar-refractivity contribution in [3.63, 3.8) is 0 Å². The summed E-state index contributed by atoms with van der Waals surface area (Å²) >= 11 is 0. The highest BCUT2D eigenvalue weighted by atomic mass is 16.5. The monoisotopic (exact) mass is 232 g/mol. The maximum absolute atomic E-state index is 11.0. The molecule has 4 heteroatoms. The number of fused-ring (bicyclic) bond motifs is 1. The van der Waals surface area contributed by atoms with Crippen LogP contribution in [-0.4, -0.2) is 17.6 Å². The first-order chi connectivity index (χ1) is 8.02. The average molecular weight is 232 g/mol. The minimum atomic E-state index is -0.321. The van der Waals surface area contributed by atoms with E-state index >= 15 is 0 Å². The molecule has 0 unspecified atom stereocenters. The maximum Gasteiger partial charge on any atom is 0.221 e. The summed E-state index contributed by atoms with van der Waals surface area (Å²) in [6.45, 7) is 2.03. The van der Waals surface area contributed by atoms with Crippen molar-refractivity contribution >= 4 is 16.8 Å². The third kappa shape index (κ3) is 1.98. The molecule has 1 aromatic heterocycles. The first kappa shape index (κ1) is 11.5. The van der Waals surface area contributed by atoms with Gasteiger partial charge in [0, 0.05) is 18.6 Å². The fourth-order valence-corrected chi connectivity index (χ4v) is 2.27. The lowest BCUT2D eigenvalue weighted by Gasteiger charge is -2.05. The Morgan fingerprint density at radius 2 is 2.18 bits per heavy atom. The van der Waals surface area contributed by atoms with E-state index in [2.05, 4.69) is 0 Å². The number of hydrogen-bond donors (Lipinski definition) is 1. The number of primary amides is 1. The van der Waals surface area contributed by atoms with E-state index in [4.69, 9.17) is 10.5 Å². The van der Waals surface area contributed by atoms with Crippen LogP contribution < -0.4 is 10.5 Å². The summed E-state index contributed by atoms with van der Waals surface area (Å²) in [6, 6.07) is 3.93. The summed E-state index contributed by atoms with van der Waals surface area (Å²) < 4.78 is 7.26. The molecule has 0 bridgehead atoms. The highest BCUT2D eigenvalue weighted by molar-refractivity contribution is 5.91. The molecule has 1 amide bonds.